The van der Waals surface area contributed by atoms with Crippen molar-refractivity contribution in [2.45, 2.75) is 0 Å². The van der Waals surface area contributed by atoms with Gasteiger partial charge in [-0.1, -0.05) is 35.8 Å². The largest absolute Gasteiger partial charge is 0.263 e. The molecule has 0 aliphatic heterocycles. The lowest BCUT2D eigenvalue weighted by Gasteiger charge is -2.01. The van der Waals surface area contributed by atoms with E-state index in [-0.39, 0.29) is 0 Å². The Kier molecular flexibility index (Phi) is 2.00. The Morgan fingerprint density at radius 3 is 2.78 bits per heavy atom. The fourth-order valence-corrected chi connectivity index (χ4v) is 3.74. The highest BCUT2D eigenvalue weighted by Crippen LogP contribution is 2.37. The minimum atomic E-state index is 1.26. The summed E-state index contributed by atoms with van der Waals surface area (Å²) in [4.78, 5) is 4.21. The van der Waals surface area contributed by atoms with Crippen LogP contribution in [0.25, 0.3) is 30.9 Å². The van der Waals surface area contributed by atoms with Gasteiger partial charge in [0.15, 0.2) is 0 Å². The highest BCUT2D eigenvalue weighted by Gasteiger charge is 2.07. The Hall–Kier alpha value is -1.87. The number of pyridine rings is 1. The van der Waals surface area contributed by atoms with Gasteiger partial charge in [0.2, 0.25) is 0 Å². The summed E-state index contributed by atoms with van der Waals surface area (Å²) in [6.45, 7) is 0. The molecule has 2 aromatic carbocycles. The molecule has 2 aromatic heterocycles. The van der Waals surface area contributed by atoms with Gasteiger partial charge in [0, 0.05) is 27.9 Å². The Bertz CT molecular complexity index is 895. The Morgan fingerprint density at radius 2 is 1.83 bits per heavy atom. The quantitative estimate of drug-likeness (QED) is 0.435. The van der Waals surface area contributed by atoms with E-state index >= 15 is 0 Å². The van der Waals surface area contributed by atoms with Gasteiger partial charge in [0.05, 0.1) is 4.70 Å². The van der Waals surface area contributed by atoms with Crippen molar-refractivity contribution >= 4 is 55.6 Å². The normalized spacial score (nSPS) is 11.6. The number of aromatic nitrogens is 1. The van der Waals surface area contributed by atoms with E-state index in [1.807, 2.05) is 23.7 Å². The molecule has 3 heteroatoms. The summed E-state index contributed by atoms with van der Waals surface area (Å²) in [6.07, 6.45) is 3.83. The fraction of sp³-hybridized carbons (Fsp3) is 0. The van der Waals surface area contributed by atoms with Gasteiger partial charge in [-0.25, -0.2) is 0 Å². The highest BCUT2D eigenvalue weighted by atomic mass is 32.1. The van der Waals surface area contributed by atoms with Gasteiger partial charge in [0.1, 0.15) is 7.85 Å². The van der Waals surface area contributed by atoms with E-state index < -0.39 is 0 Å². The minimum Gasteiger partial charge on any atom is -0.263 e. The maximum Gasteiger partial charge on any atom is 0.139 e. The first-order valence-corrected chi connectivity index (χ1v) is 6.80. The SMILES string of the molecule is Bc1ccc2c(ccc3c4ccncc4sc23)c1. The van der Waals surface area contributed by atoms with Crippen LogP contribution in [-0.2, 0) is 0 Å². The molecular weight excluding hydrogens is 237 g/mol. The van der Waals surface area contributed by atoms with E-state index in [9.17, 15) is 0 Å². The van der Waals surface area contributed by atoms with Gasteiger partial charge in [0.25, 0.3) is 0 Å². The van der Waals surface area contributed by atoms with E-state index in [0.717, 1.165) is 0 Å². The number of fused-ring (bicyclic) bond motifs is 5. The zero-order valence-corrected chi connectivity index (χ0v) is 10.8. The molecule has 0 N–H and O–H groups in total. The van der Waals surface area contributed by atoms with Crippen LogP contribution in [-0.4, -0.2) is 12.8 Å². The summed E-state index contributed by atoms with van der Waals surface area (Å²) in [7, 11) is 2.14. The van der Waals surface area contributed by atoms with E-state index in [2.05, 4.69) is 49.2 Å². The molecule has 0 aliphatic rings. The van der Waals surface area contributed by atoms with Gasteiger partial charge >= 0.3 is 0 Å². The Labute approximate surface area is 109 Å². The van der Waals surface area contributed by atoms with Crippen molar-refractivity contribution in [2.75, 3.05) is 0 Å². The Balaban J connectivity index is 2.28. The summed E-state index contributed by atoms with van der Waals surface area (Å²) in [6, 6.07) is 13.2. The maximum absolute atomic E-state index is 4.21. The van der Waals surface area contributed by atoms with Gasteiger partial charge in [-0.15, -0.1) is 11.3 Å². The number of benzene rings is 2. The number of hydrogen-bond donors (Lipinski definition) is 0. The summed E-state index contributed by atoms with van der Waals surface area (Å²) in [5.74, 6) is 0. The van der Waals surface area contributed by atoms with Crippen molar-refractivity contribution in [3.8, 4) is 0 Å². The molecule has 4 rings (SSSR count). The first kappa shape index (κ1) is 10.1. The molecule has 18 heavy (non-hydrogen) atoms. The molecule has 0 unspecified atom stereocenters. The molecule has 0 saturated heterocycles. The third-order valence-corrected chi connectivity index (χ3v) is 4.60. The zero-order valence-electron chi connectivity index (χ0n) is 9.97. The van der Waals surface area contributed by atoms with Gasteiger partial charge in [-0.3, -0.25) is 4.98 Å². The average molecular weight is 247 g/mol. The molecule has 0 bridgehead atoms. The molecular formula is C15H10BNS. The topological polar surface area (TPSA) is 12.9 Å². The van der Waals surface area contributed by atoms with Crippen molar-refractivity contribution in [3.63, 3.8) is 0 Å². The number of thiophene rings is 1. The highest BCUT2D eigenvalue weighted by molar-refractivity contribution is 7.26. The molecule has 0 saturated carbocycles. The summed E-state index contributed by atoms with van der Waals surface area (Å²) < 4.78 is 2.64. The first-order chi connectivity index (χ1) is 8.83. The van der Waals surface area contributed by atoms with Gasteiger partial charge in [-0.2, -0.15) is 0 Å². The van der Waals surface area contributed by atoms with E-state index in [1.54, 1.807) is 0 Å². The van der Waals surface area contributed by atoms with Crippen molar-refractivity contribution in [2.24, 2.45) is 0 Å². The van der Waals surface area contributed by atoms with Crippen LogP contribution < -0.4 is 5.46 Å². The third kappa shape index (κ3) is 1.31. The van der Waals surface area contributed by atoms with E-state index in [4.69, 9.17) is 0 Å². The summed E-state index contributed by atoms with van der Waals surface area (Å²) >= 11 is 1.83. The molecule has 0 atom stereocenters. The van der Waals surface area contributed by atoms with Gasteiger partial charge in [-0.05, 0) is 16.8 Å². The maximum atomic E-state index is 4.21. The second-order valence-electron chi connectivity index (χ2n) is 4.64. The lowest BCUT2D eigenvalue weighted by molar-refractivity contribution is 1.37. The molecule has 0 spiro atoms. The van der Waals surface area contributed by atoms with Crippen LogP contribution in [0.1, 0.15) is 0 Å². The molecule has 0 radical (unpaired) electrons. The van der Waals surface area contributed by atoms with Crippen molar-refractivity contribution in [3.05, 3.63) is 48.8 Å². The number of nitrogens with zero attached hydrogens (tertiary/aromatic N) is 1. The van der Waals surface area contributed by atoms with Crippen LogP contribution in [0, 0.1) is 0 Å². The van der Waals surface area contributed by atoms with Crippen LogP contribution >= 0.6 is 11.3 Å². The molecule has 84 valence electrons. The van der Waals surface area contributed by atoms with E-state index in [0.29, 0.717) is 0 Å². The molecule has 1 nitrogen and oxygen atoms in total. The lowest BCUT2D eigenvalue weighted by atomic mass is 9.93. The minimum absolute atomic E-state index is 1.26. The summed E-state index contributed by atoms with van der Waals surface area (Å²) in [5, 5.41) is 5.32. The van der Waals surface area contributed by atoms with Crippen LogP contribution in [0.15, 0.2) is 48.8 Å². The van der Waals surface area contributed by atoms with E-state index in [1.165, 1.54) is 36.4 Å². The monoisotopic (exact) mass is 247 g/mol. The average Bonchev–Trinajstić information content (AvgIpc) is 2.77. The number of rotatable bonds is 0. The Morgan fingerprint density at radius 1 is 0.944 bits per heavy atom. The molecule has 2 heterocycles. The third-order valence-electron chi connectivity index (χ3n) is 3.41. The standard InChI is InChI=1S/C15H10BNS/c16-10-2-4-11-9(7-10)1-3-13-12-5-6-17-8-14(12)18-15(11)13/h1-8H,16H2. The van der Waals surface area contributed by atoms with Crippen molar-refractivity contribution < 1.29 is 0 Å². The number of hydrogen-bond acceptors (Lipinski definition) is 2. The molecule has 0 aliphatic carbocycles. The van der Waals surface area contributed by atoms with Crippen molar-refractivity contribution in [1.29, 1.82) is 0 Å². The second kappa shape index (κ2) is 3.56. The van der Waals surface area contributed by atoms with Crippen LogP contribution in [0.5, 0.6) is 0 Å². The predicted octanol–water partition coefficient (Wildman–Crippen LogP) is 2.86. The molecule has 4 aromatic rings. The van der Waals surface area contributed by atoms with Crippen molar-refractivity contribution in [1.82, 2.24) is 4.98 Å². The van der Waals surface area contributed by atoms with Crippen LogP contribution in [0.2, 0.25) is 0 Å². The molecule has 0 amide bonds. The second-order valence-corrected chi connectivity index (χ2v) is 5.69. The van der Waals surface area contributed by atoms with Crippen LogP contribution in [0.3, 0.4) is 0 Å². The fourth-order valence-electron chi connectivity index (χ4n) is 2.54. The zero-order chi connectivity index (χ0) is 12.1. The first-order valence-electron chi connectivity index (χ1n) is 5.98. The summed E-state index contributed by atoms with van der Waals surface area (Å²) in [5.41, 5.74) is 1.31. The lowest BCUT2D eigenvalue weighted by Crippen LogP contribution is -1.99. The predicted molar refractivity (Wildman–Crippen MR) is 82.8 cm³/mol. The van der Waals surface area contributed by atoms with Crippen LogP contribution in [0.4, 0.5) is 0 Å². The molecule has 0 fully saturated rings. The smallest absolute Gasteiger partial charge is 0.139 e. The van der Waals surface area contributed by atoms with Gasteiger partial charge < -0.3 is 0 Å².